The minimum absolute atomic E-state index is 0.153. The van der Waals surface area contributed by atoms with Crippen LogP contribution in [0, 0.1) is 24.7 Å². The van der Waals surface area contributed by atoms with Gasteiger partial charge in [-0.25, -0.2) is 19.6 Å². The second kappa shape index (κ2) is 7.37. The number of nitrogens with zero attached hydrogens (tertiary/aromatic N) is 2. The number of isocyanates is 2. The molecule has 2 aliphatic rings. The molecule has 0 aromatic rings. The normalized spacial score (nSPS) is 34.9. The Morgan fingerprint density at radius 1 is 0.895 bits per heavy atom. The third kappa shape index (κ3) is 4.41. The average Bonchev–Trinajstić information content (AvgIpc) is 2.40. The molecule has 19 heavy (non-hydrogen) atoms. The van der Waals surface area contributed by atoms with Gasteiger partial charge in [0, 0.05) is 0 Å². The Hall–Kier alpha value is -1.24. The van der Waals surface area contributed by atoms with Gasteiger partial charge in [-0.2, -0.15) is 0 Å². The van der Waals surface area contributed by atoms with Crippen molar-refractivity contribution in [3.05, 3.63) is 12.8 Å². The van der Waals surface area contributed by atoms with E-state index in [1.807, 2.05) is 0 Å². The van der Waals surface area contributed by atoms with Crippen molar-refractivity contribution in [2.24, 2.45) is 21.8 Å². The maximum Gasteiger partial charge on any atom is 0.235 e. The first kappa shape index (κ1) is 14.2. The van der Waals surface area contributed by atoms with Gasteiger partial charge in [-0.1, -0.05) is 0 Å². The van der Waals surface area contributed by atoms with Crippen molar-refractivity contribution in [3.63, 3.8) is 0 Å². The SMILES string of the molecule is O=C=NC1CC[CH]C(CC2[CH]CCC(N=C=O)C2)C1. The zero-order valence-corrected chi connectivity index (χ0v) is 11.1. The van der Waals surface area contributed by atoms with Crippen LogP contribution >= 0.6 is 0 Å². The molecule has 4 heteroatoms. The van der Waals surface area contributed by atoms with Crippen molar-refractivity contribution in [2.75, 3.05) is 0 Å². The first-order valence-corrected chi connectivity index (χ1v) is 7.12. The van der Waals surface area contributed by atoms with Gasteiger partial charge < -0.3 is 0 Å². The van der Waals surface area contributed by atoms with Crippen LogP contribution in [0.25, 0.3) is 0 Å². The molecule has 0 N–H and O–H groups in total. The van der Waals surface area contributed by atoms with E-state index in [0.717, 1.165) is 44.9 Å². The second-order valence-corrected chi connectivity index (χ2v) is 5.60. The van der Waals surface area contributed by atoms with Crippen LogP contribution in [-0.2, 0) is 9.59 Å². The summed E-state index contributed by atoms with van der Waals surface area (Å²) in [6.07, 6.45) is 15.1. The summed E-state index contributed by atoms with van der Waals surface area (Å²) in [7, 11) is 0. The lowest BCUT2D eigenvalue weighted by atomic mass is 9.75. The van der Waals surface area contributed by atoms with Crippen LogP contribution in [0.4, 0.5) is 0 Å². The largest absolute Gasteiger partial charge is 0.235 e. The summed E-state index contributed by atoms with van der Waals surface area (Å²) in [6.45, 7) is 0. The molecular formula is C15H20N2O2. The fraction of sp³-hybridized carbons (Fsp3) is 0.733. The van der Waals surface area contributed by atoms with Crippen molar-refractivity contribution in [3.8, 4) is 0 Å². The zero-order chi connectivity index (χ0) is 13.5. The fourth-order valence-electron chi connectivity index (χ4n) is 3.33. The maximum atomic E-state index is 10.3. The lowest BCUT2D eigenvalue weighted by Crippen LogP contribution is -2.25. The molecule has 2 rings (SSSR count). The summed E-state index contributed by atoms with van der Waals surface area (Å²) in [5, 5.41) is 0. The van der Waals surface area contributed by atoms with Crippen LogP contribution in [0.15, 0.2) is 9.98 Å². The first-order chi connectivity index (χ1) is 9.31. The zero-order valence-electron chi connectivity index (χ0n) is 11.1. The minimum Gasteiger partial charge on any atom is -0.211 e. The van der Waals surface area contributed by atoms with Crippen LogP contribution in [0.2, 0.25) is 0 Å². The van der Waals surface area contributed by atoms with Crippen LogP contribution < -0.4 is 0 Å². The summed E-state index contributed by atoms with van der Waals surface area (Å²) in [4.78, 5) is 28.4. The van der Waals surface area contributed by atoms with E-state index in [1.165, 1.54) is 0 Å². The molecule has 2 radical (unpaired) electrons. The number of aliphatic imine (C=N–C) groups is 2. The predicted molar refractivity (Wildman–Crippen MR) is 71.7 cm³/mol. The fourth-order valence-corrected chi connectivity index (χ4v) is 3.33. The molecule has 0 aliphatic heterocycles. The van der Waals surface area contributed by atoms with Gasteiger partial charge in [0.15, 0.2) is 0 Å². The Bertz CT molecular complexity index is 348. The van der Waals surface area contributed by atoms with Crippen LogP contribution in [0.1, 0.15) is 44.9 Å². The van der Waals surface area contributed by atoms with E-state index in [9.17, 15) is 9.59 Å². The van der Waals surface area contributed by atoms with Crippen molar-refractivity contribution in [1.82, 2.24) is 0 Å². The van der Waals surface area contributed by atoms with Crippen molar-refractivity contribution < 1.29 is 9.59 Å². The maximum absolute atomic E-state index is 10.3. The highest BCUT2D eigenvalue weighted by molar-refractivity contribution is 5.34. The predicted octanol–water partition coefficient (Wildman–Crippen LogP) is 2.79. The highest BCUT2D eigenvalue weighted by Gasteiger charge is 2.28. The van der Waals surface area contributed by atoms with E-state index < -0.39 is 0 Å². The molecule has 4 unspecified atom stereocenters. The summed E-state index contributed by atoms with van der Waals surface area (Å²) in [5.41, 5.74) is 0. The molecule has 0 spiro atoms. The molecule has 2 aliphatic carbocycles. The van der Waals surface area contributed by atoms with E-state index in [1.54, 1.807) is 12.2 Å². The summed E-state index contributed by atoms with van der Waals surface area (Å²) in [5.74, 6) is 1.05. The Kier molecular flexibility index (Phi) is 5.50. The van der Waals surface area contributed by atoms with Crippen LogP contribution in [0.3, 0.4) is 0 Å². The van der Waals surface area contributed by atoms with Gasteiger partial charge in [0.25, 0.3) is 0 Å². The monoisotopic (exact) mass is 260 g/mol. The van der Waals surface area contributed by atoms with Gasteiger partial charge in [0.05, 0.1) is 12.1 Å². The Labute approximate surface area is 114 Å². The Balaban J connectivity index is 1.82. The van der Waals surface area contributed by atoms with Gasteiger partial charge in [0.1, 0.15) is 0 Å². The van der Waals surface area contributed by atoms with Crippen LogP contribution in [0.5, 0.6) is 0 Å². The van der Waals surface area contributed by atoms with Crippen molar-refractivity contribution >= 4 is 12.2 Å². The molecule has 4 atom stereocenters. The molecule has 102 valence electrons. The van der Waals surface area contributed by atoms with E-state index >= 15 is 0 Å². The van der Waals surface area contributed by atoms with Gasteiger partial charge in [0.2, 0.25) is 12.2 Å². The smallest absolute Gasteiger partial charge is 0.211 e. The second-order valence-electron chi connectivity index (χ2n) is 5.60. The highest BCUT2D eigenvalue weighted by atomic mass is 16.1. The average molecular weight is 260 g/mol. The Morgan fingerprint density at radius 2 is 1.37 bits per heavy atom. The summed E-state index contributed by atoms with van der Waals surface area (Å²) in [6, 6.07) is 0.305. The highest BCUT2D eigenvalue weighted by Crippen LogP contribution is 2.35. The summed E-state index contributed by atoms with van der Waals surface area (Å²) >= 11 is 0. The lowest BCUT2D eigenvalue weighted by molar-refractivity contribution is 0.297. The van der Waals surface area contributed by atoms with Gasteiger partial charge >= 0.3 is 0 Å². The summed E-state index contributed by atoms with van der Waals surface area (Å²) < 4.78 is 0. The first-order valence-electron chi connectivity index (χ1n) is 7.12. The van der Waals surface area contributed by atoms with E-state index in [4.69, 9.17) is 0 Å². The van der Waals surface area contributed by atoms with E-state index in [0.29, 0.717) is 11.8 Å². The van der Waals surface area contributed by atoms with Gasteiger partial charge in [-0.15, -0.1) is 0 Å². The molecule has 2 saturated carbocycles. The molecule has 0 aromatic heterocycles. The van der Waals surface area contributed by atoms with E-state index in [2.05, 4.69) is 22.8 Å². The molecule has 0 bridgehead atoms. The molecular weight excluding hydrogens is 240 g/mol. The third-order valence-electron chi connectivity index (χ3n) is 4.23. The van der Waals surface area contributed by atoms with Crippen molar-refractivity contribution in [1.29, 1.82) is 0 Å². The molecule has 0 saturated heterocycles. The molecule has 0 heterocycles. The number of hydrogen-bond donors (Lipinski definition) is 0. The standard InChI is InChI=1S/C15H20N2O2/c18-10-16-14-5-1-3-12(8-14)7-13-4-2-6-15(9-13)17-11-19/h3-4,12-15H,1-2,5-9H2. The molecule has 0 amide bonds. The topological polar surface area (TPSA) is 58.9 Å². The molecule has 0 aromatic carbocycles. The van der Waals surface area contributed by atoms with Gasteiger partial charge in [-0.3, -0.25) is 0 Å². The molecule has 4 nitrogen and oxygen atoms in total. The number of rotatable bonds is 4. The minimum atomic E-state index is 0.153. The molecule has 2 fully saturated rings. The van der Waals surface area contributed by atoms with Crippen LogP contribution in [-0.4, -0.2) is 24.2 Å². The van der Waals surface area contributed by atoms with Gasteiger partial charge in [-0.05, 0) is 69.6 Å². The number of hydrogen-bond acceptors (Lipinski definition) is 4. The lowest BCUT2D eigenvalue weighted by Gasteiger charge is -2.32. The Morgan fingerprint density at radius 3 is 1.79 bits per heavy atom. The third-order valence-corrected chi connectivity index (χ3v) is 4.23. The van der Waals surface area contributed by atoms with E-state index in [-0.39, 0.29) is 12.1 Å². The number of carbonyl (C=O) groups excluding carboxylic acids is 2. The quantitative estimate of drug-likeness (QED) is 0.576. The van der Waals surface area contributed by atoms with Crippen molar-refractivity contribution in [2.45, 2.75) is 57.0 Å².